The van der Waals surface area contributed by atoms with Crippen LogP contribution in [0.1, 0.15) is 36.5 Å². The van der Waals surface area contributed by atoms with Gasteiger partial charge in [0.1, 0.15) is 11.6 Å². The molecule has 0 aliphatic carbocycles. The smallest absolute Gasteiger partial charge is 0.303 e. The van der Waals surface area contributed by atoms with Crippen LogP contribution in [0.15, 0.2) is 18.2 Å². The summed E-state index contributed by atoms with van der Waals surface area (Å²) in [7, 11) is 0. The first kappa shape index (κ1) is 15.1. The fourth-order valence-electron chi connectivity index (χ4n) is 1.62. The Bertz CT molecular complexity index is 457. The molecule has 1 atom stereocenters. The first-order chi connectivity index (χ1) is 8.88. The Morgan fingerprint density at radius 2 is 1.84 bits per heavy atom. The quantitative estimate of drug-likeness (QED) is 0.834. The summed E-state index contributed by atoms with van der Waals surface area (Å²) < 4.78 is 25.9. The van der Waals surface area contributed by atoms with Gasteiger partial charge in [-0.25, -0.2) is 8.78 Å². The Labute approximate surface area is 109 Å². The van der Waals surface area contributed by atoms with Gasteiger partial charge in [-0.1, -0.05) is 0 Å². The molecule has 0 aromatic heterocycles. The van der Waals surface area contributed by atoms with E-state index in [0.29, 0.717) is 18.9 Å². The Kier molecular flexibility index (Phi) is 5.41. The minimum Gasteiger partial charge on any atom is -0.481 e. The monoisotopic (exact) mass is 271 g/mol. The summed E-state index contributed by atoms with van der Waals surface area (Å²) in [5, 5.41) is 11.0. The molecule has 104 valence electrons. The average Bonchev–Trinajstić information content (AvgIpc) is 2.26. The van der Waals surface area contributed by atoms with Crippen molar-refractivity contribution >= 4 is 11.9 Å². The molecule has 0 bridgehead atoms. The van der Waals surface area contributed by atoms with Gasteiger partial charge in [0.2, 0.25) is 0 Å². The van der Waals surface area contributed by atoms with Gasteiger partial charge in [-0.2, -0.15) is 0 Å². The van der Waals surface area contributed by atoms with Crippen LogP contribution in [0, 0.1) is 11.6 Å². The summed E-state index contributed by atoms with van der Waals surface area (Å²) in [4.78, 5) is 22.0. The van der Waals surface area contributed by atoms with Crippen molar-refractivity contribution in [2.24, 2.45) is 0 Å². The highest BCUT2D eigenvalue weighted by Crippen LogP contribution is 2.09. The van der Waals surface area contributed by atoms with E-state index in [9.17, 15) is 18.4 Å². The van der Waals surface area contributed by atoms with E-state index >= 15 is 0 Å². The van der Waals surface area contributed by atoms with Crippen molar-refractivity contribution in [1.82, 2.24) is 5.32 Å². The number of carboxylic acids is 1. The van der Waals surface area contributed by atoms with Crippen LogP contribution in [0.5, 0.6) is 0 Å². The number of nitrogens with one attached hydrogen (secondary N) is 1. The van der Waals surface area contributed by atoms with E-state index in [-0.39, 0.29) is 18.0 Å². The molecule has 1 aromatic rings. The molecule has 0 saturated heterocycles. The zero-order chi connectivity index (χ0) is 14.4. The summed E-state index contributed by atoms with van der Waals surface area (Å²) >= 11 is 0. The highest BCUT2D eigenvalue weighted by Gasteiger charge is 2.12. The Balaban J connectivity index is 2.51. The van der Waals surface area contributed by atoms with Gasteiger partial charge in [-0.05, 0) is 31.9 Å². The maximum Gasteiger partial charge on any atom is 0.303 e. The van der Waals surface area contributed by atoms with Crippen LogP contribution < -0.4 is 5.32 Å². The molecule has 1 aromatic carbocycles. The largest absolute Gasteiger partial charge is 0.481 e. The van der Waals surface area contributed by atoms with Crippen LogP contribution in [0.3, 0.4) is 0 Å². The van der Waals surface area contributed by atoms with Crippen molar-refractivity contribution in [1.29, 1.82) is 0 Å². The highest BCUT2D eigenvalue weighted by atomic mass is 19.1. The number of carbonyl (C=O) groups excluding carboxylic acids is 1. The lowest BCUT2D eigenvalue weighted by Gasteiger charge is -2.13. The Morgan fingerprint density at radius 3 is 2.37 bits per heavy atom. The molecule has 2 N–H and O–H groups in total. The molecule has 0 saturated carbocycles. The number of aliphatic carboxylic acids is 1. The van der Waals surface area contributed by atoms with Crippen LogP contribution in [0.25, 0.3) is 0 Å². The van der Waals surface area contributed by atoms with Crippen LogP contribution >= 0.6 is 0 Å². The van der Waals surface area contributed by atoms with Gasteiger partial charge in [0.05, 0.1) is 0 Å². The van der Waals surface area contributed by atoms with E-state index in [1.165, 1.54) is 0 Å². The molecule has 1 unspecified atom stereocenters. The van der Waals surface area contributed by atoms with E-state index in [4.69, 9.17) is 5.11 Å². The van der Waals surface area contributed by atoms with Gasteiger partial charge in [0.25, 0.3) is 5.91 Å². The topological polar surface area (TPSA) is 66.4 Å². The maximum absolute atomic E-state index is 12.9. The molecule has 4 nitrogen and oxygen atoms in total. The molecule has 1 rings (SSSR count). The zero-order valence-corrected chi connectivity index (χ0v) is 10.5. The van der Waals surface area contributed by atoms with Gasteiger partial charge in [0, 0.05) is 24.1 Å². The third-order valence-electron chi connectivity index (χ3n) is 2.53. The molecule has 0 heterocycles. The van der Waals surface area contributed by atoms with Crippen LogP contribution in [-0.4, -0.2) is 23.0 Å². The summed E-state index contributed by atoms with van der Waals surface area (Å²) in [6.07, 6.45) is 0.929. The fraction of sp³-hybridized carbons (Fsp3) is 0.385. The number of hydrogen-bond acceptors (Lipinski definition) is 2. The van der Waals surface area contributed by atoms with Crippen molar-refractivity contribution in [2.75, 3.05) is 0 Å². The first-order valence-electron chi connectivity index (χ1n) is 5.87. The van der Waals surface area contributed by atoms with Gasteiger partial charge in [-0.3, -0.25) is 9.59 Å². The van der Waals surface area contributed by atoms with Crippen LogP contribution in [0.2, 0.25) is 0 Å². The highest BCUT2D eigenvalue weighted by molar-refractivity contribution is 5.94. The van der Waals surface area contributed by atoms with E-state index in [1.54, 1.807) is 6.92 Å². The number of rotatable bonds is 6. The molecule has 1 amide bonds. The van der Waals surface area contributed by atoms with Crippen molar-refractivity contribution in [3.8, 4) is 0 Å². The second-order valence-corrected chi connectivity index (χ2v) is 4.32. The molecule has 0 spiro atoms. The van der Waals surface area contributed by atoms with Crippen molar-refractivity contribution in [2.45, 2.75) is 32.2 Å². The molecule has 0 aliphatic rings. The first-order valence-corrected chi connectivity index (χ1v) is 5.87. The standard InChI is InChI=1S/C13H15F2NO3/c1-8(3-2-4-12(17)18)16-13(19)9-5-10(14)7-11(15)6-9/h5-8H,2-4H2,1H3,(H,16,19)(H,17,18). The van der Waals surface area contributed by atoms with E-state index in [0.717, 1.165) is 12.1 Å². The minimum atomic E-state index is -0.897. The fourth-order valence-corrected chi connectivity index (χ4v) is 1.62. The number of benzene rings is 1. The molecule has 6 heteroatoms. The second-order valence-electron chi connectivity index (χ2n) is 4.32. The number of hydrogen-bond donors (Lipinski definition) is 2. The van der Waals surface area contributed by atoms with Crippen molar-refractivity contribution < 1.29 is 23.5 Å². The van der Waals surface area contributed by atoms with Gasteiger partial charge >= 0.3 is 5.97 Å². The lowest BCUT2D eigenvalue weighted by Crippen LogP contribution is -2.32. The number of halogens is 2. The molecule has 0 fully saturated rings. The third-order valence-corrected chi connectivity index (χ3v) is 2.53. The summed E-state index contributed by atoms with van der Waals surface area (Å²) in [6, 6.07) is 2.32. The summed E-state index contributed by atoms with van der Waals surface area (Å²) in [5.41, 5.74) is -0.0948. The predicted octanol–water partition coefficient (Wildman–Crippen LogP) is 2.34. The second kappa shape index (κ2) is 6.82. The zero-order valence-electron chi connectivity index (χ0n) is 10.5. The minimum absolute atomic E-state index is 0.0226. The average molecular weight is 271 g/mol. The summed E-state index contributed by atoms with van der Waals surface area (Å²) in [5.74, 6) is -3.11. The predicted molar refractivity (Wildman–Crippen MR) is 64.8 cm³/mol. The van der Waals surface area contributed by atoms with Crippen LogP contribution in [0.4, 0.5) is 8.78 Å². The van der Waals surface area contributed by atoms with Crippen LogP contribution in [-0.2, 0) is 4.79 Å². The molecule has 0 radical (unpaired) electrons. The Hall–Kier alpha value is -1.98. The Morgan fingerprint density at radius 1 is 1.26 bits per heavy atom. The van der Waals surface area contributed by atoms with Gasteiger partial charge in [-0.15, -0.1) is 0 Å². The third kappa shape index (κ3) is 5.46. The summed E-state index contributed by atoms with van der Waals surface area (Å²) in [6.45, 7) is 1.70. The van der Waals surface area contributed by atoms with Crippen molar-refractivity contribution in [3.05, 3.63) is 35.4 Å². The number of carbonyl (C=O) groups is 2. The number of amides is 1. The lowest BCUT2D eigenvalue weighted by molar-refractivity contribution is -0.137. The maximum atomic E-state index is 12.9. The van der Waals surface area contributed by atoms with Gasteiger partial charge in [0.15, 0.2) is 0 Å². The van der Waals surface area contributed by atoms with Crippen molar-refractivity contribution in [3.63, 3.8) is 0 Å². The van der Waals surface area contributed by atoms with Gasteiger partial charge < -0.3 is 10.4 Å². The van der Waals surface area contributed by atoms with E-state index < -0.39 is 23.5 Å². The molecular formula is C13H15F2NO3. The number of carboxylic acid groups (broad SMARTS) is 1. The SMILES string of the molecule is CC(CCCC(=O)O)NC(=O)c1cc(F)cc(F)c1. The van der Waals surface area contributed by atoms with E-state index in [1.807, 2.05) is 0 Å². The molecule has 0 aliphatic heterocycles. The lowest BCUT2D eigenvalue weighted by atomic mass is 10.1. The molecule has 19 heavy (non-hydrogen) atoms. The van der Waals surface area contributed by atoms with E-state index in [2.05, 4.69) is 5.32 Å². The molecular weight excluding hydrogens is 256 g/mol. The normalized spacial score (nSPS) is 11.9.